The maximum atomic E-state index is 12.4. The largest absolute Gasteiger partial charge is 0.449 e. The summed E-state index contributed by atoms with van der Waals surface area (Å²) in [4.78, 5) is 12.4. The number of alkyl carbamates (subject to hydrolysis) is 1. The van der Waals surface area contributed by atoms with Crippen molar-refractivity contribution in [2.45, 2.75) is 37.6 Å². The summed E-state index contributed by atoms with van der Waals surface area (Å²) >= 11 is 0. The molecule has 0 heterocycles. The summed E-state index contributed by atoms with van der Waals surface area (Å²) in [6.07, 6.45) is 3.98. The highest BCUT2D eigenvalue weighted by Gasteiger charge is 2.48. The van der Waals surface area contributed by atoms with E-state index >= 15 is 0 Å². The molecule has 4 nitrogen and oxygen atoms in total. The molecule has 4 atom stereocenters. The van der Waals surface area contributed by atoms with Crippen LogP contribution in [0, 0.1) is 17.8 Å². The van der Waals surface area contributed by atoms with Gasteiger partial charge in [0.05, 0.1) is 0 Å². The van der Waals surface area contributed by atoms with Crippen LogP contribution in [0.2, 0.25) is 0 Å². The quantitative estimate of drug-likeness (QED) is 0.816. The Balaban J connectivity index is 1.20. The molecule has 0 bridgehead atoms. The van der Waals surface area contributed by atoms with Gasteiger partial charge in [0, 0.05) is 18.6 Å². The number of benzene rings is 2. The van der Waals surface area contributed by atoms with Crippen molar-refractivity contribution < 1.29 is 14.6 Å². The topological polar surface area (TPSA) is 58.6 Å². The maximum Gasteiger partial charge on any atom is 0.407 e. The zero-order valence-electron chi connectivity index (χ0n) is 16.0. The third kappa shape index (κ3) is 3.00. The minimum Gasteiger partial charge on any atom is -0.449 e. The fourth-order valence-electron chi connectivity index (χ4n) is 5.72. The molecule has 3 aliphatic carbocycles. The lowest BCUT2D eigenvalue weighted by molar-refractivity contribution is 0.101. The average Bonchev–Trinajstić information content (AvgIpc) is 3.20. The Kier molecular flexibility index (Phi) is 4.59. The Morgan fingerprint density at radius 2 is 1.68 bits per heavy atom. The van der Waals surface area contributed by atoms with E-state index in [1.54, 1.807) is 0 Å². The molecule has 0 spiro atoms. The van der Waals surface area contributed by atoms with Gasteiger partial charge in [0.1, 0.15) is 6.61 Å². The zero-order valence-corrected chi connectivity index (χ0v) is 16.0. The first-order valence-corrected chi connectivity index (χ1v) is 10.5. The Bertz CT molecular complexity index is 834. The van der Waals surface area contributed by atoms with E-state index in [9.17, 15) is 4.79 Å². The van der Waals surface area contributed by atoms with Gasteiger partial charge in [0.15, 0.2) is 0 Å². The van der Waals surface area contributed by atoms with Crippen LogP contribution in [-0.4, -0.2) is 30.5 Å². The molecule has 0 saturated heterocycles. The van der Waals surface area contributed by atoms with Crippen molar-refractivity contribution in [3.05, 3.63) is 59.7 Å². The third-order valence-electron chi connectivity index (χ3n) is 7.10. The van der Waals surface area contributed by atoms with Crippen LogP contribution in [0.3, 0.4) is 0 Å². The Labute approximate surface area is 165 Å². The number of aliphatic hydroxyl groups is 1. The number of amides is 1. The highest BCUT2D eigenvalue weighted by Crippen LogP contribution is 2.50. The number of nitrogens with one attached hydrogen (secondary N) is 1. The fourth-order valence-corrected chi connectivity index (χ4v) is 5.72. The van der Waals surface area contributed by atoms with E-state index in [4.69, 9.17) is 9.84 Å². The summed E-state index contributed by atoms with van der Waals surface area (Å²) < 4.78 is 5.68. The number of rotatable bonds is 5. The van der Waals surface area contributed by atoms with Gasteiger partial charge in [0.25, 0.3) is 0 Å². The number of fused-ring (bicyclic) bond motifs is 4. The number of ether oxygens (including phenoxy) is 1. The van der Waals surface area contributed by atoms with Crippen molar-refractivity contribution in [3.8, 4) is 11.1 Å². The first kappa shape index (κ1) is 17.7. The van der Waals surface area contributed by atoms with E-state index in [1.165, 1.54) is 28.7 Å². The molecule has 1 amide bonds. The van der Waals surface area contributed by atoms with Crippen LogP contribution in [0.25, 0.3) is 11.1 Å². The monoisotopic (exact) mass is 377 g/mol. The highest BCUT2D eigenvalue weighted by atomic mass is 16.5. The second-order valence-corrected chi connectivity index (χ2v) is 8.59. The fraction of sp³-hybridized carbons (Fsp3) is 0.458. The number of hydrogen-bond donors (Lipinski definition) is 2. The van der Waals surface area contributed by atoms with Gasteiger partial charge in [-0.1, -0.05) is 48.5 Å². The molecule has 2 N–H and O–H groups in total. The van der Waals surface area contributed by atoms with Crippen LogP contribution in [0.4, 0.5) is 4.79 Å². The molecule has 2 fully saturated rings. The first-order valence-electron chi connectivity index (χ1n) is 10.5. The van der Waals surface area contributed by atoms with Gasteiger partial charge < -0.3 is 15.2 Å². The van der Waals surface area contributed by atoms with Crippen LogP contribution in [0.5, 0.6) is 0 Å². The van der Waals surface area contributed by atoms with Gasteiger partial charge in [-0.2, -0.15) is 0 Å². The predicted octanol–water partition coefficient (Wildman–Crippen LogP) is 4.32. The molecule has 2 saturated carbocycles. The van der Waals surface area contributed by atoms with Crippen LogP contribution < -0.4 is 5.32 Å². The van der Waals surface area contributed by atoms with Gasteiger partial charge in [-0.15, -0.1) is 0 Å². The number of aliphatic hydroxyl groups excluding tert-OH is 1. The lowest BCUT2D eigenvalue weighted by atomic mass is 9.71. The number of carbonyl (C=O) groups excluding carboxylic acids is 1. The van der Waals surface area contributed by atoms with Crippen LogP contribution in [0.1, 0.15) is 42.7 Å². The van der Waals surface area contributed by atoms with Crippen molar-refractivity contribution in [2.75, 3.05) is 13.2 Å². The molecule has 146 valence electrons. The smallest absolute Gasteiger partial charge is 0.407 e. The third-order valence-corrected chi connectivity index (χ3v) is 7.10. The summed E-state index contributed by atoms with van der Waals surface area (Å²) in [7, 11) is 0. The molecule has 2 aromatic carbocycles. The van der Waals surface area contributed by atoms with Crippen molar-refractivity contribution in [2.24, 2.45) is 17.8 Å². The summed E-state index contributed by atoms with van der Waals surface area (Å²) in [5.41, 5.74) is 4.97. The summed E-state index contributed by atoms with van der Waals surface area (Å²) in [6, 6.07) is 17.0. The van der Waals surface area contributed by atoms with E-state index in [1.807, 2.05) is 0 Å². The molecule has 0 radical (unpaired) electrons. The van der Waals surface area contributed by atoms with E-state index in [-0.39, 0.29) is 24.7 Å². The predicted molar refractivity (Wildman–Crippen MR) is 108 cm³/mol. The summed E-state index contributed by atoms with van der Waals surface area (Å²) in [5.74, 6) is 2.01. The van der Waals surface area contributed by atoms with Crippen LogP contribution >= 0.6 is 0 Å². The molecular formula is C24H27NO3. The zero-order chi connectivity index (χ0) is 19.1. The van der Waals surface area contributed by atoms with Gasteiger partial charge >= 0.3 is 6.09 Å². The maximum absolute atomic E-state index is 12.4. The van der Waals surface area contributed by atoms with Gasteiger partial charge in [-0.25, -0.2) is 4.79 Å². The average molecular weight is 377 g/mol. The van der Waals surface area contributed by atoms with Gasteiger partial charge in [0.2, 0.25) is 0 Å². The molecule has 4 unspecified atom stereocenters. The molecule has 5 rings (SSSR count). The molecule has 3 aliphatic rings. The molecule has 28 heavy (non-hydrogen) atoms. The molecule has 2 aromatic rings. The van der Waals surface area contributed by atoms with Crippen LogP contribution in [-0.2, 0) is 4.74 Å². The van der Waals surface area contributed by atoms with E-state index in [2.05, 4.69) is 53.8 Å². The Hall–Kier alpha value is -2.33. The molecule has 0 aliphatic heterocycles. The van der Waals surface area contributed by atoms with E-state index < -0.39 is 0 Å². The lowest BCUT2D eigenvalue weighted by Crippen LogP contribution is -2.50. The lowest BCUT2D eigenvalue weighted by Gasteiger charge is -2.40. The standard InChI is InChI=1S/C24H27NO3/c26-10-9-15-11-16-13-23(21(16)12-15)25-24(27)28-14-22-19-7-3-1-5-17(19)18-6-2-4-8-20(18)22/h1-8,15-16,21-23,26H,9-14H2,(H,25,27). The second kappa shape index (κ2) is 7.25. The Morgan fingerprint density at radius 1 is 1.00 bits per heavy atom. The van der Waals surface area contributed by atoms with Crippen molar-refractivity contribution in [1.29, 1.82) is 0 Å². The highest BCUT2D eigenvalue weighted by molar-refractivity contribution is 5.79. The minimum atomic E-state index is -0.295. The number of hydrogen-bond acceptors (Lipinski definition) is 3. The summed E-state index contributed by atoms with van der Waals surface area (Å²) in [5, 5.41) is 12.3. The first-order chi connectivity index (χ1) is 13.7. The van der Waals surface area contributed by atoms with Gasteiger partial charge in [-0.05, 0) is 65.7 Å². The Morgan fingerprint density at radius 3 is 2.36 bits per heavy atom. The SMILES string of the molecule is O=C(NC1CC2CC(CCO)CC21)OCC1c2ccccc2-c2ccccc21. The number of carbonyl (C=O) groups is 1. The second-order valence-electron chi connectivity index (χ2n) is 8.59. The van der Waals surface area contributed by atoms with Crippen molar-refractivity contribution in [3.63, 3.8) is 0 Å². The van der Waals surface area contributed by atoms with Crippen molar-refractivity contribution in [1.82, 2.24) is 5.32 Å². The normalized spacial score (nSPS) is 27.5. The molecule has 0 aromatic heterocycles. The van der Waals surface area contributed by atoms with E-state index in [0.717, 1.165) is 25.2 Å². The van der Waals surface area contributed by atoms with Gasteiger partial charge in [-0.3, -0.25) is 0 Å². The van der Waals surface area contributed by atoms with E-state index in [0.29, 0.717) is 18.4 Å². The van der Waals surface area contributed by atoms with Crippen molar-refractivity contribution >= 4 is 6.09 Å². The molecular weight excluding hydrogens is 350 g/mol. The summed E-state index contributed by atoms with van der Waals surface area (Å²) in [6.45, 7) is 0.641. The van der Waals surface area contributed by atoms with Crippen LogP contribution in [0.15, 0.2) is 48.5 Å². The minimum absolute atomic E-state index is 0.104. The molecule has 4 heteroatoms.